The maximum Gasteiger partial charge on any atom is 0.240 e. The maximum absolute atomic E-state index is 12.5. The van der Waals surface area contributed by atoms with Crippen LogP contribution in [0.1, 0.15) is 24.7 Å². The van der Waals surface area contributed by atoms with Crippen LogP contribution in [0.5, 0.6) is 5.75 Å². The average molecular weight is 467 g/mol. The second kappa shape index (κ2) is 10.2. The van der Waals surface area contributed by atoms with Gasteiger partial charge in [-0.1, -0.05) is 23.7 Å². The third-order valence-electron chi connectivity index (χ3n) is 4.32. The number of hydrogen-bond donors (Lipinski definition) is 2. The minimum Gasteiger partial charge on any atom is -0.497 e. The molecule has 3 aromatic rings. The first-order valence-electron chi connectivity index (χ1n) is 9.33. The Bertz CT molecular complexity index is 1050. The summed E-state index contributed by atoms with van der Waals surface area (Å²) in [6.07, 6.45) is 1.23. The van der Waals surface area contributed by atoms with Crippen LogP contribution in [0, 0.1) is 0 Å². The number of nitrogens with one attached hydrogen (secondary N) is 2. The fourth-order valence-corrected chi connectivity index (χ4v) is 4.74. The van der Waals surface area contributed by atoms with E-state index < -0.39 is 10.0 Å². The van der Waals surface area contributed by atoms with Crippen molar-refractivity contribution in [3.8, 4) is 5.75 Å². The molecular formula is C20H23ClN4O3S2. The summed E-state index contributed by atoms with van der Waals surface area (Å²) in [4.78, 5) is 4.68. The predicted octanol–water partition coefficient (Wildman–Crippen LogP) is 3.96. The second-order valence-corrected chi connectivity index (χ2v) is 9.63. The van der Waals surface area contributed by atoms with Crippen LogP contribution < -0.4 is 14.8 Å². The van der Waals surface area contributed by atoms with E-state index in [9.17, 15) is 8.42 Å². The summed E-state index contributed by atoms with van der Waals surface area (Å²) in [6.45, 7) is 2.40. The minimum absolute atomic E-state index is 0.207. The SMILES string of the molecule is COc1ccc(S(=O)(=O)NC(C)CCNc2nc(Cc3ccc(Cl)cc3)ns2)cc1. The number of hydrogen-bond acceptors (Lipinski definition) is 7. The first-order valence-corrected chi connectivity index (χ1v) is 12.0. The van der Waals surface area contributed by atoms with Crippen molar-refractivity contribution in [2.24, 2.45) is 0 Å². The molecule has 3 rings (SSSR count). The number of benzene rings is 2. The van der Waals surface area contributed by atoms with Gasteiger partial charge in [0.1, 0.15) is 11.6 Å². The Hall–Kier alpha value is -2.20. The fraction of sp³-hybridized carbons (Fsp3) is 0.300. The number of halogens is 1. The Morgan fingerprint density at radius 3 is 2.50 bits per heavy atom. The van der Waals surface area contributed by atoms with Crippen molar-refractivity contribution in [2.45, 2.75) is 30.7 Å². The summed E-state index contributed by atoms with van der Waals surface area (Å²) in [5, 5.41) is 4.61. The molecule has 0 saturated carbocycles. The van der Waals surface area contributed by atoms with E-state index >= 15 is 0 Å². The highest BCUT2D eigenvalue weighted by atomic mass is 35.5. The van der Waals surface area contributed by atoms with Crippen LogP contribution in [-0.2, 0) is 16.4 Å². The highest BCUT2D eigenvalue weighted by molar-refractivity contribution is 7.89. The van der Waals surface area contributed by atoms with Gasteiger partial charge in [0.25, 0.3) is 0 Å². The molecule has 1 atom stereocenters. The van der Waals surface area contributed by atoms with Gasteiger partial charge in [-0.15, -0.1) is 0 Å². The van der Waals surface area contributed by atoms with Crippen LogP contribution in [0.4, 0.5) is 5.13 Å². The normalized spacial score (nSPS) is 12.5. The Morgan fingerprint density at radius 2 is 1.83 bits per heavy atom. The van der Waals surface area contributed by atoms with Crippen molar-refractivity contribution >= 4 is 38.3 Å². The molecule has 7 nitrogen and oxygen atoms in total. The monoisotopic (exact) mass is 466 g/mol. The number of aromatic nitrogens is 2. The highest BCUT2D eigenvalue weighted by Gasteiger charge is 2.17. The quantitative estimate of drug-likeness (QED) is 0.469. The smallest absolute Gasteiger partial charge is 0.240 e. The Balaban J connectivity index is 1.46. The van der Waals surface area contributed by atoms with Gasteiger partial charge in [0.05, 0.1) is 12.0 Å². The topological polar surface area (TPSA) is 93.2 Å². The van der Waals surface area contributed by atoms with Crippen LogP contribution >= 0.6 is 23.1 Å². The third kappa shape index (κ3) is 6.40. The largest absolute Gasteiger partial charge is 0.497 e. The minimum atomic E-state index is -3.58. The number of methoxy groups -OCH3 is 1. The van der Waals surface area contributed by atoms with Gasteiger partial charge in [0.2, 0.25) is 15.2 Å². The molecule has 0 amide bonds. The molecule has 0 aliphatic carbocycles. The standard InChI is InChI=1S/C20H23ClN4O3S2/c1-14(25-30(26,27)18-9-7-17(28-2)8-10-18)11-12-22-20-23-19(24-29-20)13-15-3-5-16(21)6-4-15/h3-10,14,25H,11-13H2,1-2H3,(H,22,23,24). The summed E-state index contributed by atoms with van der Waals surface area (Å²) in [5.74, 6) is 1.34. The maximum atomic E-state index is 12.5. The van der Waals surface area contributed by atoms with E-state index in [2.05, 4.69) is 19.4 Å². The lowest BCUT2D eigenvalue weighted by Gasteiger charge is -2.14. The van der Waals surface area contributed by atoms with E-state index in [-0.39, 0.29) is 10.9 Å². The van der Waals surface area contributed by atoms with E-state index in [4.69, 9.17) is 16.3 Å². The zero-order chi connectivity index (χ0) is 21.6. The molecule has 1 heterocycles. The van der Waals surface area contributed by atoms with E-state index in [0.29, 0.717) is 35.3 Å². The molecule has 0 aliphatic rings. The summed E-state index contributed by atoms with van der Waals surface area (Å²) in [7, 11) is -2.04. The number of anilines is 1. The molecule has 160 valence electrons. The van der Waals surface area contributed by atoms with Crippen LogP contribution in [-0.4, -0.2) is 37.5 Å². The van der Waals surface area contributed by atoms with Gasteiger partial charge in [-0.2, -0.15) is 4.37 Å². The van der Waals surface area contributed by atoms with E-state index in [1.165, 1.54) is 30.8 Å². The molecule has 2 N–H and O–H groups in total. The molecular weight excluding hydrogens is 444 g/mol. The van der Waals surface area contributed by atoms with Gasteiger partial charge in [0, 0.05) is 35.6 Å². The predicted molar refractivity (Wildman–Crippen MR) is 120 cm³/mol. The summed E-state index contributed by atoms with van der Waals surface area (Å²) in [6, 6.07) is 13.6. The first kappa shape index (κ1) is 22.5. The summed E-state index contributed by atoms with van der Waals surface area (Å²) in [5.41, 5.74) is 1.09. The fourth-order valence-electron chi connectivity index (χ4n) is 2.72. The molecule has 0 bridgehead atoms. The number of rotatable bonds is 10. The molecule has 0 spiro atoms. The number of sulfonamides is 1. The molecule has 0 fully saturated rings. The number of ether oxygens (including phenoxy) is 1. The molecule has 30 heavy (non-hydrogen) atoms. The molecule has 10 heteroatoms. The van der Waals surface area contributed by atoms with Crippen molar-refractivity contribution < 1.29 is 13.2 Å². The Morgan fingerprint density at radius 1 is 1.13 bits per heavy atom. The van der Waals surface area contributed by atoms with E-state index in [1.54, 1.807) is 12.1 Å². The average Bonchev–Trinajstić information content (AvgIpc) is 3.16. The Kier molecular flexibility index (Phi) is 7.65. The summed E-state index contributed by atoms with van der Waals surface area (Å²) >= 11 is 7.19. The second-order valence-electron chi connectivity index (χ2n) is 6.73. The van der Waals surface area contributed by atoms with Gasteiger partial charge >= 0.3 is 0 Å². The summed E-state index contributed by atoms with van der Waals surface area (Å²) < 4.78 is 37.0. The lowest BCUT2D eigenvalue weighted by atomic mass is 10.1. The van der Waals surface area contributed by atoms with Crippen molar-refractivity contribution in [1.29, 1.82) is 0 Å². The molecule has 2 aromatic carbocycles. The molecule has 1 aromatic heterocycles. The van der Waals surface area contributed by atoms with E-state index in [1.807, 2.05) is 31.2 Å². The van der Waals surface area contributed by atoms with Gasteiger partial charge < -0.3 is 10.1 Å². The third-order valence-corrected chi connectivity index (χ3v) is 6.89. The van der Waals surface area contributed by atoms with Crippen molar-refractivity contribution in [3.63, 3.8) is 0 Å². The van der Waals surface area contributed by atoms with E-state index in [0.717, 1.165) is 11.4 Å². The highest BCUT2D eigenvalue weighted by Crippen LogP contribution is 2.17. The van der Waals surface area contributed by atoms with Gasteiger partial charge in [-0.05, 0) is 55.3 Å². The van der Waals surface area contributed by atoms with Crippen molar-refractivity contribution in [1.82, 2.24) is 14.1 Å². The lowest BCUT2D eigenvalue weighted by Crippen LogP contribution is -2.33. The Labute approximate surface area is 185 Å². The molecule has 0 aliphatic heterocycles. The molecule has 1 unspecified atom stereocenters. The molecule has 0 radical (unpaired) electrons. The van der Waals surface area contributed by atoms with Crippen molar-refractivity contribution in [2.75, 3.05) is 19.0 Å². The lowest BCUT2D eigenvalue weighted by molar-refractivity contribution is 0.414. The van der Waals surface area contributed by atoms with Crippen molar-refractivity contribution in [3.05, 3.63) is 64.9 Å². The van der Waals surface area contributed by atoms with Gasteiger partial charge in [-0.25, -0.2) is 18.1 Å². The molecule has 0 saturated heterocycles. The van der Waals surface area contributed by atoms with Crippen LogP contribution in [0.3, 0.4) is 0 Å². The van der Waals surface area contributed by atoms with Crippen LogP contribution in [0.25, 0.3) is 0 Å². The van der Waals surface area contributed by atoms with Crippen LogP contribution in [0.15, 0.2) is 53.4 Å². The van der Waals surface area contributed by atoms with Gasteiger partial charge in [0.15, 0.2) is 0 Å². The van der Waals surface area contributed by atoms with Crippen LogP contribution in [0.2, 0.25) is 5.02 Å². The van der Waals surface area contributed by atoms with Gasteiger partial charge in [-0.3, -0.25) is 0 Å². The first-order chi connectivity index (χ1) is 14.4. The number of nitrogens with zero attached hydrogens (tertiary/aromatic N) is 2. The zero-order valence-corrected chi connectivity index (χ0v) is 19.0. The zero-order valence-electron chi connectivity index (χ0n) is 16.6.